The summed E-state index contributed by atoms with van der Waals surface area (Å²) in [5.74, 6) is 0. The summed E-state index contributed by atoms with van der Waals surface area (Å²) >= 11 is 0. The van der Waals surface area contributed by atoms with Gasteiger partial charge in [0.2, 0.25) is 0 Å². The van der Waals surface area contributed by atoms with Crippen molar-refractivity contribution < 1.29 is 4.74 Å². The summed E-state index contributed by atoms with van der Waals surface area (Å²) in [5.41, 5.74) is 5.34. The number of pyridine rings is 1. The highest BCUT2D eigenvalue weighted by Crippen LogP contribution is 2.25. The summed E-state index contributed by atoms with van der Waals surface area (Å²) in [6.07, 6.45) is 5.86. The molecule has 1 aromatic heterocycles. The van der Waals surface area contributed by atoms with E-state index in [-0.39, 0.29) is 0 Å². The summed E-state index contributed by atoms with van der Waals surface area (Å²) in [6, 6.07) is 11.3. The minimum atomic E-state index is 0.346. The van der Waals surface area contributed by atoms with Crippen LogP contribution < -0.4 is 5.32 Å². The predicted molar refractivity (Wildman–Crippen MR) is 83.9 cm³/mol. The molecule has 0 radical (unpaired) electrons. The number of fused-ring (bicyclic) bond motifs is 1. The highest BCUT2D eigenvalue weighted by Gasteiger charge is 2.16. The molecule has 0 saturated heterocycles. The molecular formula is C18H22N2O. The fourth-order valence-electron chi connectivity index (χ4n) is 2.79. The van der Waals surface area contributed by atoms with E-state index in [1.54, 1.807) is 0 Å². The third-order valence-corrected chi connectivity index (χ3v) is 3.98. The Balaban J connectivity index is 1.81. The highest BCUT2D eigenvalue weighted by atomic mass is 16.5. The van der Waals surface area contributed by atoms with Gasteiger partial charge in [0, 0.05) is 18.4 Å². The van der Waals surface area contributed by atoms with E-state index in [1.807, 2.05) is 12.4 Å². The van der Waals surface area contributed by atoms with Crippen molar-refractivity contribution in [2.75, 3.05) is 6.54 Å². The number of benzene rings is 1. The first-order valence-corrected chi connectivity index (χ1v) is 7.68. The van der Waals surface area contributed by atoms with Crippen LogP contribution >= 0.6 is 0 Å². The lowest BCUT2D eigenvalue weighted by molar-refractivity contribution is 0.134. The molecular weight excluding hydrogens is 260 g/mol. The van der Waals surface area contributed by atoms with Gasteiger partial charge in [-0.25, -0.2) is 0 Å². The Morgan fingerprint density at radius 1 is 1.14 bits per heavy atom. The summed E-state index contributed by atoms with van der Waals surface area (Å²) in [7, 11) is 0. The van der Waals surface area contributed by atoms with Crippen molar-refractivity contribution in [2.24, 2.45) is 0 Å². The molecule has 3 rings (SSSR count). The Kier molecular flexibility index (Phi) is 4.63. The van der Waals surface area contributed by atoms with E-state index in [9.17, 15) is 0 Å². The van der Waals surface area contributed by atoms with Gasteiger partial charge < -0.3 is 10.1 Å². The van der Waals surface area contributed by atoms with E-state index < -0.39 is 0 Å². The Bertz CT molecular complexity index is 583. The molecule has 0 bridgehead atoms. The van der Waals surface area contributed by atoms with E-state index in [1.165, 1.54) is 22.3 Å². The zero-order chi connectivity index (χ0) is 14.5. The van der Waals surface area contributed by atoms with Crippen molar-refractivity contribution in [1.29, 1.82) is 0 Å². The Hall–Kier alpha value is -1.71. The molecule has 0 amide bonds. The molecule has 0 fully saturated rings. The molecule has 0 aliphatic carbocycles. The highest BCUT2D eigenvalue weighted by molar-refractivity contribution is 5.35. The molecule has 3 heteroatoms. The van der Waals surface area contributed by atoms with Gasteiger partial charge in [-0.2, -0.15) is 0 Å². The fraction of sp³-hybridized carbons (Fsp3) is 0.389. The molecule has 2 aromatic rings. The first-order valence-electron chi connectivity index (χ1n) is 7.68. The molecule has 2 heterocycles. The maximum absolute atomic E-state index is 5.52. The fourth-order valence-corrected chi connectivity index (χ4v) is 2.79. The number of rotatable bonds is 6. The lowest BCUT2D eigenvalue weighted by Crippen LogP contribution is -2.24. The van der Waals surface area contributed by atoms with Gasteiger partial charge in [0.25, 0.3) is 0 Å². The molecule has 1 N–H and O–H groups in total. The van der Waals surface area contributed by atoms with E-state index >= 15 is 0 Å². The van der Waals surface area contributed by atoms with Gasteiger partial charge in [0.15, 0.2) is 0 Å². The maximum atomic E-state index is 5.52. The summed E-state index contributed by atoms with van der Waals surface area (Å²) in [5, 5.41) is 3.66. The number of aromatic nitrogens is 1. The standard InChI is InChI=1S/C18H22N2O/c1-2-7-20-18(10-14-5-8-19-9-6-14)15-3-4-16-12-21-13-17(16)11-15/h3-6,8-9,11,18,20H,2,7,10,12-13H2,1H3. The Morgan fingerprint density at radius 3 is 2.76 bits per heavy atom. The van der Waals surface area contributed by atoms with Crippen LogP contribution in [0.15, 0.2) is 42.7 Å². The molecule has 1 aromatic carbocycles. The summed E-state index contributed by atoms with van der Waals surface area (Å²) < 4.78 is 5.52. The zero-order valence-electron chi connectivity index (χ0n) is 12.5. The van der Waals surface area contributed by atoms with Gasteiger partial charge >= 0.3 is 0 Å². The van der Waals surface area contributed by atoms with Gasteiger partial charge in [-0.15, -0.1) is 0 Å². The lowest BCUT2D eigenvalue weighted by atomic mass is 9.96. The maximum Gasteiger partial charge on any atom is 0.0725 e. The van der Waals surface area contributed by atoms with Crippen molar-refractivity contribution >= 4 is 0 Å². The molecule has 1 atom stereocenters. The van der Waals surface area contributed by atoms with Crippen LogP contribution in [-0.2, 0) is 24.4 Å². The third-order valence-electron chi connectivity index (χ3n) is 3.98. The normalized spacial score (nSPS) is 14.9. The number of hydrogen-bond donors (Lipinski definition) is 1. The van der Waals surface area contributed by atoms with Crippen molar-refractivity contribution in [3.05, 3.63) is 65.0 Å². The lowest BCUT2D eigenvalue weighted by Gasteiger charge is -2.20. The van der Waals surface area contributed by atoms with E-state index in [0.29, 0.717) is 6.04 Å². The summed E-state index contributed by atoms with van der Waals surface area (Å²) in [4.78, 5) is 4.10. The number of ether oxygens (including phenoxy) is 1. The third kappa shape index (κ3) is 3.49. The van der Waals surface area contributed by atoms with E-state index in [4.69, 9.17) is 4.74 Å². The number of nitrogens with one attached hydrogen (secondary N) is 1. The number of hydrogen-bond acceptors (Lipinski definition) is 3. The summed E-state index contributed by atoms with van der Waals surface area (Å²) in [6.45, 7) is 4.74. The minimum absolute atomic E-state index is 0.346. The molecule has 0 spiro atoms. The Labute approximate surface area is 126 Å². The van der Waals surface area contributed by atoms with Gasteiger partial charge in [0.1, 0.15) is 0 Å². The minimum Gasteiger partial charge on any atom is -0.372 e. The first-order chi connectivity index (χ1) is 10.4. The van der Waals surface area contributed by atoms with E-state index in [0.717, 1.165) is 32.6 Å². The van der Waals surface area contributed by atoms with Crippen molar-refractivity contribution in [1.82, 2.24) is 10.3 Å². The van der Waals surface area contributed by atoms with Crippen LogP contribution in [0.4, 0.5) is 0 Å². The van der Waals surface area contributed by atoms with Gasteiger partial charge in [-0.3, -0.25) is 4.98 Å². The quantitative estimate of drug-likeness (QED) is 0.882. The second-order valence-corrected chi connectivity index (χ2v) is 5.59. The largest absolute Gasteiger partial charge is 0.372 e. The predicted octanol–water partition coefficient (Wildman–Crippen LogP) is 3.40. The van der Waals surface area contributed by atoms with Gasteiger partial charge in [-0.1, -0.05) is 25.1 Å². The monoisotopic (exact) mass is 282 g/mol. The average Bonchev–Trinajstić information content (AvgIpc) is 3.00. The molecule has 1 aliphatic heterocycles. The van der Waals surface area contributed by atoms with Crippen molar-refractivity contribution in [3.8, 4) is 0 Å². The van der Waals surface area contributed by atoms with E-state index in [2.05, 4.69) is 47.6 Å². The SMILES string of the molecule is CCCNC(Cc1ccncc1)c1ccc2c(c1)COC2. The second kappa shape index (κ2) is 6.83. The second-order valence-electron chi connectivity index (χ2n) is 5.59. The molecule has 1 aliphatic rings. The molecule has 1 unspecified atom stereocenters. The van der Waals surface area contributed by atoms with Crippen LogP contribution in [0.25, 0.3) is 0 Å². The number of nitrogens with zero attached hydrogens (tertiary/aromatic N) is 1. The van der Waals surface area contributed by atoms with Crippen LogP contribution in [0.5, 0.6) is 0 Å². The van der Waals surface area contributed by atoms with Gasteiger partial charge in [-0.05, 0) is 53.8 Å². The topological polar surface area (TPSA) is 34.2 Å². The molecule has 21 heavy (non-hydrogen) atoms. The van der Waals surface area contributed by atoms with Crippen LogP contribution in [-0.4, -0.2) is 11.5 Å². The molecule has 3 nitrogen and oxygen atoms in total. The van der Waals surface area contributed by atoms with Crippen LogP contribution in [0.1, 0.15) is 41.6 Å². The zero-order valence-corrected chi connectivity index (χ0v) is 12.5. The smallest absolute Gasteiger partial charge is 0.0725 e. The van der Waals surface area contributed by atoms with Crippen LogP contribution in [0.3, 0.4) is 0 Å². The molecule has 0 saturated carbocycles. The first kappa shape index (κ1) is 14.2. The van der Waals surface area contributed by atoms with Gasteiger partial charge in [0.05, 0.1) is 13.2 Å². The van der Waals surface area contributed by atoms with Crippen molar-refractivity contribution in [2.45, 2.75) is 39.0 Å². The molecule has 110 valence electrons. The Morgan fingerprint density at radius 2 is 1.95 bits per heavy atom. The van der Waals surface area contributed by atoms with Crippen molar-refractivity contribution in [3.63, 3.8) is 0 Å². The van der Waals surface area contributed by atoms with Crippen LogP contribution in [0.2, 0.25) is 0 Å². The van der Waals surface area contributed by atoms with Crippen LogP contribution in [0, 0.1) is 0 Å². The average molecular weight is 282 g/mol.